The van der Waals surface area contributed by atoms with Crippen molar-refractivity contribution in [1.29, 1.82) is 0 Å². The van der Waals surface area contributed by atoms with Crippen LogP contribution in [0.2, 0.25) is 0 Å². The summed E-state index contributed by atoms with van der Waals surface area (Å²) in [6.45, 7) is 3.63. The number of nitrogens with zero attached hydrogens (tertiary/aromatic N) is 3. The molecule has 2 aromatic heterocycles. The van der Waals surface area contributed by atoms with Crippen LogP contribution < -0.4 is 5.43 Å². The molecule has 1 aromatic carbocycles. The first kappa shape index (κ1) is 14.9. The molecule has 3 aromatic rings. The fraction of sp³-hybridized carbons (Fsp3) is 0.353. The summed E-state index contributed by atoms with van der Waals surface area (Å²) in [5, 5.41) is 9.19. The minimum atomic E-state index is -0.140. The summed E-state index contributed by atoms with van der Waals surface area (Å²) >= 11 is 0. The largest absolute Gasteiger partial charge is 0.337 e. The average Bonchev–Trinajstić information content (AvgIpc) is 3.18. The number of amides is 1. The van der Waals surface area contributed by atoms with Crippen LogP contribution in [0.1, 0.15) is 35.3 Å². The number of aromatic amines is 2. The summed E-state index contributed by atoms with van der Waals surface area (Å²) in [5.74, 6) is 0.461. The zero-order valence-electron chi connectivity index (χ0n) is 13.6. The number of hydrogen-bond donors (Lipinski definition) is 3. The van der Waals surface area contributed by atoms with E-state index in [1.807, 2.05) is 36.2 Å². The van der Waals surface area contributed by atoms with Crippen molar-refractivity contribution in [2.45, 2.75) is 26.2 Å². The number of hydrogen-bond acceptors (Lipinski definition) is 4. The van der Waals surface area contributed by atoms with Crippen molar-refractivity contribution in [3.63, 3.8) is 0 Å². The van der Waals surface area contributed by atoms with Gasteiger partial charge < -0.3 is 4.98 Å². The summed E-state index contributed by atoms with van der Waals surface area (Å²) in [7, 11) is 0. The molecule has 0 spiro atoms. The summed E-state index contributed by atoms with van der Waals surface area (Å²) in [6.07, 6.45) is 3.45. The Morgan fingerprint density at radius 3 is 2.79 bits per heavy atom. The monoisotopic (exact) mass is 324 g/mol. The molecule has 0 bridgehead atoms. The lowest BCUT2D eigenvalue weighted by Gasteiger charge is -2.26. The Morgan fingerprint density at radius 2 is 2.00 bits per heavy atom. The Bertz CT molecular complexity index is 841. The molecule has 3 heterocycles. The van der Waals surface area contributed by atoms with Crippen molar-refractivity contribution in [1.82, 2.24) is 30.6 Å². The van der Waals surface area contributed by atoms with E-state index in [9.17, 15) is 4.79 Å². The van der Waals surface area contributed by atoms with Gasteiger partial charge in [0.1, 0.15) is 5.69 Å². The predicted octanol–water partition coefficient (Wildman–Crippen LogP) is 2.39. The third-order valence-electron chi connectivity index (χ3n) is 4.40. The molecule has 0 atom stereocenters. The van der Waals surface area contributed by atoms with Crippen molar-refractivity contribution < 1.29 is 4.79 Å². The van der Waals surface area contributed by atoms with Crippen molar-refractivity contribution >= 4 is 16.9 Å². The van der Waals surface area contributed by atoms with Gasteiger partial charge >= 0.3 is 0 Å². The molecule has 3 N–H and O–H groups in total. The van der Waals surface area contributed by atoms with Crippen LogP contribution in [-0.4, -0.2) is 44.2 Å². The molecule has 0 aliphatic carbocycles. The van der Waals surface area contributed by atoms with E-state index in [2.05, 4.69) is 25.6 Å². The van der Waals surface area contributed by atoms with E-state index in [0.717, 1.165) is 42.7 Å². The molecule has 0 unspecified atom stereocenters. The number of nitrogens with one attached hydrogen (secondary N) is 3. The highest BCUT2D eigenvalue weighted by molar-refractivity contribution is 6.00. The van der Waals surface area contributed by atoms with Crippen LogP contribution in [0.3, 0.4) is 0 Å². The number of fused-ring (bicyclic) bond motifs is 1. The zero-order chi connectivity index (χ0) is 16.5. The second kappa shape index (κ2) is 6.09. The van der Waals surface area contributed by atoms with E-state index in [1.54, 1.807) is 0 Å². The second-order valence-electron chi connectivity index (χ2n) is 6.16. The van der Waals surface area contributed by atoms with E-state index in [-0.39, 0.29) is 5.91 Å². The fourth-order valence-corrected chi connectivity index (χ4v) is 3.15. The van der Waals surface area contributed by atoms with E-state index in [4.69, 9.17) is 0 Å². The SMILES string of the molecule is Cc1[nH]nc(-c2nc3ccccc3[nH]2)c1C(=O)NN1CCCCC1. The van der Waals surface area contributed by atoms with Gasteiger partial charge in [0.2, 0.25) is 0 Å². The number of benzene rings is 1. The fourth-order valence-electron chi connectivity index (χ4n) is 3.15. The van der Waals surface area contributed by atoms with Gasteiger partial charge in [-0.3, -0.25) is 15.3 Å². The lowest BCUT2D eigenvalue weighted by Crippen LogP contribution is -2.45. The maximum atomic E-state index is 12.7. The van der Waals surface area contributed by atoms with Crippen LogP contribution >= 0.6 is 0 Å². The van der Waals surface area contributed by atoms with Crippen LogP contribution in [0.15, 0.2) is 24.3 Å². The van der Waals surface area contributed by atoms with Gasteiger partial charge in [-0.1, -0.05) is 18.6 Å². The highest BCUT2D eigenvalue weighted by Gasteiger charge is 2.23. The van der Waals surface area contributed by atoms with Crippen molar-refractivity contribution in [2.75, 3.05) is 13.1 Å². The smallest absolute Gasteiger partial charge is 0.269 e. The standard InChI is InChI=1S/C17H20N6O/c1-11-14(17(24)22-23-9-5-2-6-10-23)15(21-20-11)16-18-12-7-3-4-8-13(12)19-16/h3-4,7-8H,2,5-6,9-10H2,1H3,(H,18,19)(H,20,21)(H,22,24). The first-order valence-corrected chi connectivity index (χ1v) is 8.28. The average molecular weight is 324 g/mol. The number of aryl methyl sites for hydroxylation is 1. The van der Waals surface area contributed by atoms with Crippen LogP contribution in [-0.2, 0) is 0 Å². The molecule has 1 aliphatic heterocycles. The molecule has 1 fully saturated rings. The normalized spacial score (nSPS) is 15.7. The lowest BCUT2D eigenvalue weighted by molar-refractivity contribution is 0.0750. The third kappa shape index (κ3) is 2.67. The van der Waals surface area contributed by atoms with Crippen LogP contribution in [0.4, 0.5) is 0 Å². The molecule has 1 amide bonds. The molecule has 1 saturated heterocycles. The Hall–Kier alpha value is -2.67. The summed E-state index contributed by atoms with van der Waals surface area (Å²) < 4.78 is 0. The molecule has 7 heteroatoms. The topological polar surface area (TPSA) is 89.7 Å². The molecule has 7 nitrogen and oxygen atoms in total. The number of rotatable bonds is 3. The number of carbonyl (C=O) groups excluding carboxylic acids is 1. The first-order chi connectivity index (χ1) is 11.7. The van der Waals surface area contributed by atoms with Crippen LogP contribution in [0.5, 0.6) is 0 Å². The third-order valence-corrected chi connectivity index (χ3v) is 4.40. The summed E-state index contributed by atoms with van der Waals surface area (Å²) in [5.41, 5.74) is 6.61. The molecule has 0 radical (unpaired) electrons. The number of hydrazine groups is 1. The van der Waals surface area contributed by atoms with Crippen LogP contribution in [0.25, 0.3) is 22.6 Å². The number of piperidine rings is 1. The number of H-pyrrole nitrogens is 2. The maximum Gasteiger partial charge on any atom is 0.269 e. The minimum absolute atomic E-state index is 0.140. The van der Waals surface area contributed by atoms with Gasteiger partial charge in [-0.25, -0.2) is 9.99 Å². The van der Waals surface area contributed by atoms with E-state index >= 15 is 0 Å². The highest BCUT2D eigenvalue weighted by atomic mass is 16.2. The van der Waals surface area contributed by atoms with Gasteiger partial charge in [-0.15, -0.1) is 0 Å². The minimum Gasteiger partial charge on any atom is -0.337 e. The quantitative estimate of drug-likeness (QED) is 0.690. The second-order valence-corrected chi connectivity index (χ2v) is 6.16. The molecule has 0 saturated carbocycles. The number of aromatic nitrogens is 4. The Labute approximate surface area is 139 Å². The van der Waals surface area contributed by atoms with Gasteiger partial charge in [0, 0.05) is 18.8 Å². The summed E-state index contributed by atoms with van der Waals surface area (Å²) in [4.78, 5) is 20.5. The highest BCUT2D eigenvalue weighted by Crippen LogP contribution is 2.24. The molecule has 24 heavy (non-hydrogen) atoms. The zero-order valence-corrected chi connectivity index (χ0v) is 13.6. The molecular formula is C17H20N6O. The Balaban J connectivity index is 1.66. The van der Waals surface area contributed by atoms with Crippen molar-refractivity contribution in [3.05, 3.63) is 35.5 Å². The first-order valence-electron chi connectivity index (χ1n) is 8.28. The molecular weight excluding hydrogens is 304 g/mol. The van der Waals surface area contributed by atoms with Gasteiger partial charge in [-0.2, -0.15) is 5.10 Å². The van der Waals surface area contributed by atoms with E-state index in [0.29, 0.717) is 17.1 Å². The molecule has 4 rings (SSSR count). The Morgan fingerprint density at radius 1 is 1.21 bits per heavy atom. The predicted molar refractivity (Wildman–Crippen MR) is 91.3 cm³/mol. The number of carbonyl (C=O) groups is 1. The van der Waals surface area contributed by atoms with Gasteiger partial charge in [0.05, 0.1) is 16.6 Å². The van der Waals surface area contributed by atoms with Gasteiger partial charge in [0.15, 0.2) is 5.82 Å². The van der Waals surface area contributed by atoms with Crippen molar-refractivity contribution in [3.8, 4) is 11.5 Å². The molecule has 124 valence electrons. The molecule has 1 aliphatic rings. The van der Waals surface area contributed by atoms with Gasteiger partial charge in [0.25, 0.3) is 5.91 Å². The number of imidazole rings is 1. The summed E-state index contributed by atoms with van der Waals surface area (Å²) in [6, 6.07) is 7.78. The van der Waals surface area contributed by atoms with E-state index in [1.165, 1.54) is 6.42 Å². The van der Waals surface area contributed by atoms with Gasteiger partial charge in [-0.05, 0) is 31.9 Å². The van der Waals surface area contributed by atoms with Crippen LogP contribution in [0, 0.1) is 6.92 Å². The maximum absolute atomic E-state index is 12.7. The Kier molecular flexibility index (Phi) is 3.78. The number of para-hydroxylation sites is 2. The van der Waals surface area contributed by atoms with Crippen molar-refractivity contribution in [2.24, 2.45) is 0 Å². The lowest BCUT2D eigenvalue weighted by atomic mass is 10.1. The van der Waals surface area contributed by atoms with E-state index < -0.39 is 0 Å².